The number of guanidine groups is 1. The first-order valence-electron chi connectivity index (χ1n) is 7.35. The molecule has 0 aliphatic carbocycles. The van der Waals surface area contributed by atoms with Gasteiger partial charge in [0.2, 0.25) is 0 Å². The Hall–Kier alpha value is -0.440. The second kappa shape index (κ2) is 12.9. The van der Waals surface area contributed by atoms with E-state index in [1.165, 1.54) is 0 Å². The quantitative estimate of drug-likeness (QED) is 0.306. The normalized spacial score (nSPS) is 12.3. The average Bonchev–Trinajstić information content (AvgIpc) is 2.51. The largest absolute Gasteiger partial charge is 0.489 e. The lowest BCUT2D eigenvalue weighted by Gasteiger charge is -2.14. The molecule has 0 fully saturated rings. The van der Waals surface area contributed by atoms with Gasteiger partial charge in [0.15, 0.2) is 5.96 Å². The third kappa shape index (κ3) is 8.83. The molecular formula is C15H24Cl2IN3O2. The molecule has 23 heavy (non-hydrogen) atoms. The molecule has 1 unspecified atom stereocenters. The minimum absolute atomic E-state index is 0. The number of nitrogens with zero attached hydrogens (tertiary/aromatic N) is 1. The number of aliphatic imine (C=N–C) groups is 1. The standard InChI is InChI=1S/C15H23Cl2N3O2.HI/c1-3-8-19-15(18-4-2)20-9-11(21)10-22-13-7-5-6-12(16)14(13)17;/h5-7,11,21H,3-4,8-10H2,1-2H3,(H2,18,19,20);1H. The molecular weight excluding hydrogens is 452 g/mol. The fourth-order valence-electron chi connectivity index (χ4n) is 1.62. The number of hydrogen-bond donors (Lipinski definition) is 3. The van der Waals surface area contributed by atoms with Gasteiger partial charge >= 0.3 is 0 Å². The number of ether oxygens (including phenoxy) is 1. The number of halogens is 3. The van der Waals surface area contributed by atoms with Crippen molar-refractivity contribution >= 4 is 53.1 Å². The maximum atomic E-state index is 9.95. The summed E-state index contributed by atoms with van der Waals surface area (Å²) in [5.41, 5.74) is 0. The van der Waals surface area contributed by atoms with E-state index < -0.39 is 6.10 Å². The summed E-state index contributed by atoms with van der Waals surface area (Å²) in [6, 6.07) is 5.13. The number of aliphatic hydroxyl groups excluding tert-OH is 1. The van der Waals surface area contributed by atoms with Gasteiger partial charge in [0.25, 0.3) is 0 Å². The van der Waals surface area contributed by atoms with Crippen LogP contribution in [0.4, 0.5) is 0 Å². The Morgan fingerprint density at radius 1 is 1.30 bits per heavy atom. The monoisotopic (exact) mass is 475 g/mol. The van der Waals surface area contributed by atoms with Gasteiger partial charge in [0.05, 0.1) is 11.6 Å². The highest BCUT2D eigenvalue weighted by molar-refractivity contribution is 14.0. The topological polar surface area (TPSA) is 65.9 Å². The molecule has 5 nitrogen and oxygen atoms in total. The Morgan fingerprint density at radius 3 is 2.70 bits per heavy atom. The van der Waals surface area contributed by atoms with Gasteiger partial charge in [-0.15, -0.1) is 24.0 Å². The van der Waals surface area contributed by atoms with Crippen molar-refractivity contribution in [2.75, 3.05) is 26.2 Å². The van der Waals surface area contributed by atoms with Crippen molar-refractivity contribution in [1.82, 2.24) is 10.6 Å². The second-order valence-corrected chi connectivity index (χ2v) is 5.45. The Kier molecular flexibility index (Phi) is 12.7. The van der Waals surface area contributed by atoms with Gasteiger partial charge in [-0.1, -0.05) is 36.2 Å². The van der Waals surface area contributed by atoms with Gasteiger partial charge in [-0.05, 0) is 25.5 Å². The average molecular weight is 476 g/mol. The van der Waals surface area contributed by atoms with Crippen LogP contribution < -0.4 is 15.4 Å². The van der Waals surface area contributed by atoms with Crippen molar-refractivity contribution in [3.05, 3.63) is 28.2 Å². The molecule has 0 heterocycles. The maximum absolute atomic E-state index is 9.95. The van der Waals surface area contributed by atoms with E-state index in [1.807, 2.05) is 6.92 Å². The SMILES string of the molecule is CCCNC(=NCC(O)COc1cccc(Cl)c1Cl)NCC.I. The van der Waals surface area contributed by atoms with Gasteiger partial charge < -0.3 is 20.5 Å². The highest BCUT2D eigenvalue weighted by atomic mass is 127. The zero-order valence-corrected chi connectivity index (χ0v) is 17.2. The molecule has 8 heteroatoms. The number of rotatable bonds is 8. The summed E-state index contributed by atoms with van der Waals surface area (Å²) in [5.74, 6) is 1.14. The van der Waals surface area contributed by atoms with Crippen molar-refractivity contribution in [3.8, 4) is 5.75 Å². The van der Waals surface area contributed by atoms with E-state index in [-0.39, 0.29) is 37.1 Å². The van der Waals surface area contributed by atoms with Crippen molar-refractivity contribution in [1.29, 1.82) is 0 Å². The molecule has 0 saturated heterocycles. The molecule has 0 spiro atoms. The lowest BCUT2D eigenvalue weighted by Crippen LogP contribution is -2.38. The molecule has 0 amide bonds. The van der Waals surface area contributed by atoms with E-state index in [1.54, 1.807) is 18.2 Å². The van der Waals surface area contributed by atoms with E-state index in [9.17, 15) is 5.11 Å². The van der Waals surface area contributed by atoms with Gasteiger partial charge in [-0.2, -0.15) is 0 Å². The van der Waals surface area contributed by atoms with Crippen LogP contribution in [0.1, 0.15) is 20.3 Å². The molecule has 1 rings (SSSR count). The zero-order valence-electron chi connectivity index (χ0n) is 13.3. The molecule has 0 aromatic heterocycles. The summed E-state index contributed by atoms with van der Waals surface area (Å²) >= 11 is 11.9. The van der Waals surface area contributed by atoms with Gasteiger partial charge in [-0.25, -0.2) is 0 Å². The summed E-state index contributed by atoms with van der Waals surface area (Å²) < 4.78 is 5.48. The molecule has 1 aromatic carbocycles. The van der Waals surface area contributed by atoms with Gasteiger partial charge in [-0.3, -0.25) is 4.99 Å². The highest BCUT2D eigenvalue weighted by Gasteiger charge is 2.09. The smallest absolute Gasteiger partial charge is 0.191 e. The Balaban J connectivity index is 0.00000484. The van der Waals surface area contributed by atoms with Crippen LogP contribution in [0.15, 0.2) is 23.2 Å². The number of aliphatic hydroxyl groups is 1. The van der Waals surface area contributed by atoms with Crippen LogP contribution in [0, 0.1) is 0 Å². The molecule has 0 saturated carbocycles. The predicted molar refractivity (Wildman–Crippen MR) is 108 cm³/mol. The van der Waals surface area contributed by atoms with E-state index in [0.29, 0.717) is 21.8 Å². The van der Waals surface area contributed by atoms with Crippen LogP contribution in [0.25, 0.3) is 0 Å². The number of hydrogen-bond acceptors (Lipinski definition) is 3. The van der Waals surface area contributed by atoms with Crippen molar-refractivity contribution in [2.45, 2.75) is 26.4 Å². The summed E-state index contributed by atoms with van der Waals surface area (Å²) in [6.45, 7) is 5.99. The fraction of sp³-hybridized carbons (Fsp3) is 0.533. The Labute approximate surface area is 164 Å². The minimum atomic E-state index is -0.730. The van der Waals surface area contributed by atoms with E-state index >= 15 is 0 Å². The van der Waals surface area contributed by atoms with Crippen molar-refractivity contribution in [3.63, 3.8) is 0 Å². The third-order valence-electron chi connectivity index (χ3n) is 2.69. The predicted octanol–water partition coefficient (Wildman–Crippen LogP) is 3.32. The van der Waals surface area contributed by atoms with Crippen LogP contribution in [-0.4, -0.2) is 43.4 Å². The van der Waals surface area contributed by atoms with Crippen LogP contribution in [-0.2, 0) is 0 Å². The second-order valence-electron chi connectivity index (χ2n) is 4.66. The summed E-state index contributed by atoms with van der Waals surface area (Å²) in [5, 5.41) is 17.0. The first-order valence-corrected chi connectivity index (χ1v) is 8.11. The van der Waals surface area contributed by atoms with Crippen LogP contribution >= 0.6 is 47.2 Å². The minimum Gasteiger partial charge on any atom is -0.489 e. The summed E-state index contributed by atoms with van der Waals surface area (Å²) in [6.07, 6.45) is 0.274. The summed E-state index contributed by atoms with van der Waals surface area (Å²) in [4.78, 5) is 4.31. The van der Waals surface area contributed by atoms with Gasteiger partial charge in [0.1, 0.15) is 23.5 Å². The fourth-order valence-corrected chi connectivity index (χ4v) is 1.96. The Bertz CT molecular complexity index is 490. The molecule has 0 bridgehead atoms. The summed E-state index contributed by atoms with van der Waals surface area (Å²) in [7, 11) is 0. The zero-order chi connectivity index (χ0) is 16.4. The lowest BCUT2D eigenvalue weighted by atomic mass is 10.3. The van der Waals surface area contributed by atoms with Gasteiger partial charge in [0, 0.05) is 13.1 Å². The van der Waals surface area contributed by atoms with E-state index in [0.717, 1.165) is 19.5 Å². The number of benzene rings is 1. The molecule has 0 aliphatic heterocycles. The third-order valence-corrected chi connectivity index (χ3v) is 3.50. The molecule has 0 radical (unpaired) electrons. The lowest BCUT2D eigenvalue weighted by molar-refractivity contribution is 0.114. The highest BCUT2D eigenvalue weighted by Crippen LogP contribution is 2.31. The maximum Gasteiger partial charge on any atom is 0.191 e. The van der Waals surface area contributed by atoms with Crippen LogP contribution in [0.2, 0.25) is 10.0 Å². The van der Waals surface area contributed by atoms with Crippen LogP contribution in [0.3, 0.4) is 0 Å². The number of nitrogens with one attached hydrogen (secondary N) is 2. The Morgan fingerprint density at radius 2 is 2.04 bits per heavy atom. The molecule has 3 N–H and O–H groups in total. The van der Waals surface area contributed by atoms with E-state index in [4.69, 9.17) is 27.9 Å². The molecule has 0 aliphatic rings. The van der Waals surface area contributed by atoms with Crippen molar-refractivity contribution < 1.29 is 9.84 Å². The molecule has 1 aromatic rings. The molecule has 1 atom stereocenters. The first kappa shape index (κ1) is 22.6. The van der Waals surface area contributed by atoms with Crippen LogP contribution in [0.5, 0.6) is 5.75 Å². The first-order chi connectivity index (χ1) is 10.6. The molecule has 132 valence electrons. The van der Waals surface area contributed by atoms with Crippen molar-refractivity contribution in [2.24, 2.45) is 4.99 Å². The van der Waals surface area contributed by atoms with E-state index in [2.05, 4.69) is 22.5 Å².